The van der Waals surface area contributed by atoms with Crippen LogP contribution in [0, 0.1) is 5.92 Å². The Bertz CT molecular complexity index is 341. The molecule has 1 fully saturated rings. The molecule has 1 aliphatic heterocycles. The van der Waals surface area contributed by atoms with Crippen LogP contribution in [0.25, 0.3) is 0 Å². The van der Waals surface area contributed by atoms with Crippen molar-refractivity contribution < 1.29 is 14.6 Å². The summed E-state index contributed by atoms with van der Waals surface area (Å²) in [7, 11) is 0. The maximum Gasteiger partial charge on any atom is 0.410 e. The van der Waals surface area contributed by atoms with E-state index >= 15 is 0 Å². The largest absolute Gasteiger partial charge is 0.444 e. The third kappa shape index (κ3) is 6.97. The molecule has 22 heavy (non-hydrogen) atoms. The molecule has 3 unspecified atom stereocenters. The van der Waals surface area contributed by atoms with E-state index in [0.29, 0.717) is 12.0 Å². The minimum Gasteiger partial charge on any atom is -0.444 e. The lowest BCUT2D eigenvalue weighted by atomic mass is 10.0. The highest BCUT2D eigenvalue weighted by atomic mass is 16.6. The van der Waals surface area contributed by atoms with Gasteiger partial charge in [0.05, 0.1) is 0 Å². The molecule has 0 aromatic heterocycles. The van der Waals surface area contributed by atoms with Crippen molar-refractivity contribution in [3.05, 3.63) is 0 Å². The van der Waals surface area contributed by atoms with Gasteiger partial charge in [0.2, 0.25) is 0 Å². The first-order chi connectivity index (χ1) is 10.2. The van der Waals surface area contributed by atoms with Crippen molar-refractivity contribution in [1.29, 1.82) is 0 Å². The van der Waals surface area contributed by atoms with E-state index in [1.54, 1.807) is 0 Å². The number of aliphatic hydroxyl groups is 1. The summed E-state index contributed by atoms with van der Waals surface area (Å²) >= 11 is 0. The molecule has 5 heteroatoms. The number of amides is 1. The van der Waals surface area contributed by atoms with Gasteiger partial charge in [0.15, 0.2) is 0 Å². The molecule has 0 spiro atoms. The van der Waals surface area contributed by atoms with Crippen molar-refractivity contribution in [2.75, 3.05) is 19.7 Å². The fourth-order valence-corrected chi connectivity index (χ4v) is 2.86. The van der Waals surface area contributed by atoms with Crippen LogP contribution >= 0.6 is 0 Å². The smallest absolute Gasteiger partial charge is 0.410 e. The quantitative estimate of drug-likeness (QED) is 0.758. The molecule has 2 N–H and O–H groups in total. The van der Waals surface area contributed by atoms with E-state index in [1.807, 2.05) is 25.7 Å². The molecule has 0 radical (unpaired) electrons. The molecule has 0 aromatic carbocycles. The minimum absolute atomic E-state index is 0.184. The first-order valence-electron chi connectivity index (χ1n) is 8.56. The topological polar surface area (TPSA) is 61.8 Å². The zero-order valence-corrected chi connectivity index (χ0v) is 14.9. The Labute approximate surface area is 135 Å². The molecule has 1 amide bonds. The second-order valence-electron chi connectivity index (χ2n) is 7.63. The molecule has 1 rings (SSSR count). The zero-order chi connectivity index (χ0) is 16.8. The number of ether oxygens (including phenoxy) is 1. The summed E-state index contributed by atoms with van der Waals surface area (Å²) < 4.78 is 5.50. The van der Waals surface area contributed by atoms with Gasteiger partial charge >= 0.3 is 6.09 Å². The van der Waals surface area contributed by atoms with Crippen LogP contribution in [0.1, 0.15) is 60.3 Å². The van der Waals surface area contributed by atoms with Crippen molar-refractivity contribution in [2.45, 2.75) is 78.0 Å². The molecule has 1 heterocycles. The molecule has 5 nitrogen and oxygen atoms in total. The van der Waals surface area contributed by atoms with Crippen molar-refractivity contribution in [1.82, 2.24) is 10.2 Å². The van der Waals surface area contributed by atoms with E-state index in [0.717, 1.165) is 38.8 Å². The molecule has 0 bridgehead atoms. The molecule has 0 saturated carbocycles. The summed E-state index contributed by atoms with van der Waals surface area (Å²) in [6.45, 7) is 12.0. The Morgan fingerprint density at radius 1 is 1.41 bits per heavy atom. The lowest BCUT2D eigenvalue weighted by Crippen LogP contribution is -2.43. The van der Waals surface area contributed by atoms with Crippen LogP contribution in [0.4, 0.5) is 4.79 Å². The van der Waals surface area contributed by atoms with E-state index in [-0.39, 0.29) is 18.7 Å². The zero-order valence-electron chi connectivity index (χ0n) is 14.9. The Morgan fingerprint density at radius 2 is 2.09 bits per heavy atom. The second kappa shape index (κ2) is 8.73. The molecule has 3 atom stereocenters. The number of hydrogen-bond acceptors (Lipinski definition) is 4. The number of nitrogens with zero attached hydrogens (tertiary/aromatic N) is 1. The monoisotopic (exact) mass is 314 g/mol. The Balaban J connectivity index is 2.41. The number of aliphatic hydroxyl groups excluding tert-OH is 1. The minimum atomic E-state index is -0.437. The van der Waals surface area contributed by atoms with Crippen LogP contribution in [0.15, 0.2) is 0 Å². The lowest BCUT2D eigenvalue weighted by Gasteiger charge is -2.30. The second-order valence-corrected chi connectivity index (χ2v) is 7.63. The first kappa shape index (κ1) is 19.2. The van der Waals surface area contributed by atoms with Gasteiger partial charge in [-0.15, -0.1) is 0 Å². The number of carbonyl (C=O) groups is 1. The van der Waals surface area contributed by atoms with E-state index in [1.165, 1.54) is 0 Å². The Hall–Kier alpha value is -0.810. The lowest BCUT2D eigenvalue weighted by molar-refractivity contribution is 0.0214. The van der Waals surface area contributed by atoms with Crippen molar-refractivity contribution >= 4 is 6.09 Å². The van der Waals surface area contributed by atoms with E-state index in [4.69, 9.17) is 9.84 Å². The van der Waals surface area contributed by atoms with Crippen LogP contribution in [-0.2, 0) is 4.74 Å². The van der Waals surface area contributed by atoms with Crippen LogP contribution < -0.4 is 5.32 Å². The molecule has 0 aliphatic carbocycles. The number of likely N-dealkylation sites (tertiary alicyclic amines) is 1. The standard InChI is InChI=1S/C17H34N2O3/c1-13(8-10-20)12-18-14(2)11-15-7-6-9-19(15)16(21)22-17(3,4)5/h13-15,18,20H,6-12H2,1-5H3. The molecule has 0 aromatic rings. The summed E-state index contributed by atoms with van der Waals surface area (Å²) in [5.74, 6) is 0.470. The van der Waals surface area contributed by atoms with Gasteiger partial charge in [-0.25, -0.2) is 4.79 Å². The van der Waals surface area contributed by atoms with Gasteiger partial charge in [0.1, 0.15) is 5.60 Å². The predicted molar refractivity (Wildman–Crippen MR) is 88.9 cm³/mol. The summed E-state index contributed by atoms with van der Waals surface area (Å²) in [6, 6.07) is 0.625. The van der Waals surface area contributed by atoms with Crippen LogP contribution in [0.3, 0.4) is 0 Å². The highest BCUT2D eigenvalue weighted by Gasteiger charge is 2.32. The molecule has 1 saturated heterocycles. The number of hydrogen-bond donors (Lipinski definition) is 2. The van der Waals surface area contributed by atoms with Crippen molar-refractivity contribution in [2.24, 2.45) is 5.92 Å². The normalized spacial score (nSPS) is 21.7. The average Bonchev–Trinajstić information content (AvgIpc) is 2.83. The summed E-state index contributed by atoms with van der Waals surface area (Å²) in [5, 5.41) is 12.4. The van der Waals surface area contributed by atoms with Gasteiger partial charge in [-0.05, 0) is 65.8 Å². The van der Waals surface area contributed by atoms with E-state index in [9.17, 15) is 4.79 Å². The maximum atomic E-state index is 12.3. The summed E-state index contributed by atoms with van der Waals surface area (Å²) in [6.07, 6.45) is 3.70. The fourth-order valence-electron chi connectivity index (χ4n) is 2.86. The van der Waals surface area contributed by atoms with Crippen LogP contribution in [0.2, 0.25) is 0 Å². The highest BCUT2D eigenvalue weighted by molar-refractivity contribution is 5.68. The van der Waals surface area contributed by atoms with Gasteiger partial charge in [-0.3, -0.25) is 0 Å². The van der Waals surface area contributed by atoms with E-state index < -0.39 is 5.60 Å². The average molecular weight is 314 g/mol. The van der Waals surface area contributed by atoms with Crippen LogP contribution in [-0.4, -0.2) is 53.5 Å². The Kier molecular flexibility index (Phi) is 7.63. The predicted octanol–water partition coefficient (Wildman–Crippen LogP) is 2.77. The Morgan fingerprint density at radius 3 is 2.68 bits per heavy atom. The summed E-state index contributed by atoms with van der Waals surface area (Å²) in [4.78, 5) is 14.1. The first-order valence-corrected chi connectivity index (χ1v) is 8.56. The fraction of sp³-hybridized carbons (Fsp3) is 0.941. The van der Waals surface area contributed by atoms with Gasteiger partial charge in [0.25, 0.3) is 0 Å². The van der Waals surface area contributed by atoms with Crippen molar-refractivity contribution in [3.8, 4) is 0 Å². The van der Waals surface area contributed by atoms with Gasteiger partial charge in [-0.2, -0.15) is 0 Å². The van der Waals surface area contributed by atoms with E-state index in [2.05, 4.69) is 19.2 Å². The van der Waals surface area contributed by atoms with Gasteiger partial charge < -0.3 is 20.1 Å². The summed E-state index contributed by atoms with van der Waals surface area (Å²) in [5.41, 5.74) is -0.437. The maximum absolute atomic E-state index is 12.3. The van der Waals surface area contributed by atoms with Crippen LogP contribution in [0.5, 0.6) is 0 Å². The number of rotatable bonds is 7. The van der Waals surface area contributed by atoms with Gasteiger partial charge in [0, 0.05) is 25.2 Å². The molecule has 1 aliphatic rings. The third-order valence-electron chi connectivity index (χ3n) is 4.07. The molecule has 130 valence electrons. The highest BCUT2D eigenvalue weighted by Crippen LogP contribution is 2.24. The SMILES string of the molecule is CC(CCO)CNC(C)CC1CCCN1C(=O)OC(C)(C)C. The van der Waals surface area contributed by atoms with Gasteiger partial charge in [-0.1, -0.05) is 6.92 Å². The molecular weight excluding hydrogens is 280 g/mol. The number of carbonyl (C=O) groups excluding carboxylic acids is 1. The number of nitrogens with one attached hydrogen (secondary N) is 1. The third-order valence-corrected chi connectivity index (χ3v) is 4.07. The van der Waals surface area contributed by atoms with Crippen molar-refractivity contribution in [3.63, 3.8) is 0 Å². The molecular formula is C17H34N2O3.